The Morgan fingerprint density at radius 2 is 1.63 bits per heavy atom. The van der Waals surface area contributed by atoms with Gasteiger partial charge in [0.15, 0.2) is 0 Å². The summed E-state index contributed by atoms with van der Waals surface area (Å²) in [5, 5.41) is 2.65. The van der Waals surface area contributed by atoms with E-state index in [1.165, 1.54) is 66.6 Å². The monoisotopic (exact) mass is 474 g/mol. The molecule has 0 aliphatic carbocycles. The van der Waals surface area contributed by atoms with Crippen molar-refractivity contribution in [3.63, 3.8) is 0 Å². The highest BCUT2D eigenvalue weighted by Gasteiger charge is 2.18. The van der Waals surface area contributed by atoms with E-state index in [-0.39, 0.29) is 0 Å². The first kappa shape index (κ1) is 25.4. The van der Waals surface area contributed by atoms with Crippen molar-refractivity contribution in [3.05, 3.63) is 65.7 Å². The van der Waals surface area contributed by atoms with E-state index >= 15 is 0 Å². The molecule has 0 fully saturated rings. The summed E-state index contributed by atoms with van der Waals surface area (Å²) < 4.78 is 0. The molecule has 0 radical (unpaired) electrons. The molecule has 0 spiro atoms. The van der Waals surface area contributed by atoms with Crippen LogP contribution >= 0.6 is 0 Å². The summed E-state index contributed by atoms with van der Waals surface area (Å²) in [6, 6.07) is 13.9. The van der Waals surface area contributed by atoms with Gasteiger partial charge in [-0.3, -0.25) is 9.89 Å². The zero-order valence-electron chi connectivity index (χ0n) is 21.8. The van der Waals surface area contributed by atoms with Gasteiger partial charge >= 0.3 is 0 Å². The molecule has 0 saturated heterocycles. The molecule has 1 N–H and O–H groups in total. The van der Waals surface area contributed by atoms with Crippen molar-refractivity contribution < 1.29 is 0 Å². The number of H-pyrrole nitrogens is 1. The van der Waals surface area contributed by atoms with E-state index in [1.807, 2.05) is 12.4 Å². The number of amidine groups is 1. The van der Waals surface area contributed by atoms with Crippen LogP contribution in [0.2, 0.25) is 0 Å². The zero-order chi connectivity index (χ0) is 24.5. The summed E-state index contributed by atoms with van der Waals surface area (Å²) in [6.07, 6.45) is 8.57. The Morgan fingerprint density at radius 3 is 2.29 bits per heavy atom. The Morgan fingerprint density at radius 1 is 0.886 bits per heavy atom. The zero-order valence-corrected chi connectivity index (χ0v) is 21.8. The molecular weight excluding hydrogens is 432 g/mol. The largest absolute Gasteiger partial charge is 0.360 e. The van der Waals surface area contributed by atoms with Crippen LogP contribution in [0.3, 0.4) is 0 Å². The first-order chi connectivity index (χ1) is 17.1. The summed E-state index contributed by atoms with van der Waals surface area (Å²) in [4.78, 5) is 19.7. The van der Waals surface area contributed by atoms with Crippen molar-refractivity contribution in [1.29, 1.82) is 0 Å². The average molecular weight is 475 g/mol. The molecule has 6 nitrogen and oxygen atoms in total. The Balaban J connectivity index is 1.40. The molecule has 35 heavy (non-hydrogen) atoms. The molecule has 3 aromatic rings. The van der Waals surface area contributed by atoms with Crippen LogP contribution in [-0.2, 0) is 19.5 Å². The number of fused-ring (bicyclic) bond motifs is 1. The molecule has 0 saturated carbocycles. The van der Waals surface area contributed by atoms with Crippen LogP contribution in [0.15, 0.2) is 53.8 Å². The fourth-order valence-corrected chi connectivity index (χ4v) is 5.04. The molecule has 2 heterocycles. The normalized spacial score (nSPS) is 14.0. The predicted molar refractivity (Wildman–Crippen MR) is 147 cm³/mol. The fourth-order valence-electron chi connectivity index (χ4n) is 5.04. The Hall–Kier alpha value is -2.70. The fraction of sp³-hybridized carbons (Fsp3) is 0.517. The maximum Gasteiger partial charge on any atom is 0.120 e. The van der Waals surface area contributed by atoms with Gasteiger partial charge in [-0.05, 0) is 73.3 Å². The molecule has 0 unspecified atom stereocenters. The number of likely N-dealkylation sites (N-methyl/N-ethyl adjacent to an activating group) is 1. The van der Waals surface area contributed by atoms with Crippen LogP contribution in [-0.4, -0.2) is 76.8 Å². The van der Waals surface area contributed by atoms with Crippen molar-refractivity contribution in [2.45, 2.75) is 52.6 Å². The number of aromatic amines is 1. The average Bonchev–Trinajstić information content (AvgIpc) is 3.51. The van der Waals surface area contributed by atoms with Gasteiger partial charge in [-0.15, -0.1) is 0 Å². The second kappa shape index (κ2) is 12.8. The summed E-state index contributed by atoms with van der Waals surface area (Å²) >= 11 is 0. The Bertz CT molecular complexity index is 1070. The van der Waals surface area contributed by atoms with Crippen molar-refractivity contribution in [1.82, 2.24) is 24.7 Å². The molecule has 1 aromatic heterocycles. The third-order valence-corrected chi connectivity index (χ3v) is 6.86. The number of imidazole rings is 1. The smallest absolute Gasteiger partial charge is 0.120 e. The van der Waals surface area contributed by atoms with Crippen molar-refractivity contribution in [2.75, 3.05) is 46.3 Å². The van der Waals surface area contributed by atoms with Gasteiger partial charge in [0.1, 0.15) is 11.7 Å². The molecule has 1 aliphatic heterocycles. The minimum Gasteiger partial charge on any atom is -0.360 e. The lowest BCUT2D eigenvalue weighted by Gasteiger charge is -2.24. The molecule has 0 amide bonds. The summed E-state index contributed by atoms with van der Waals surface area (Å²) in [6.45, 7) is 12.6. The van der Waals surface area contributed by atoms with Crippen LogP contribution in [0.5, 0.6) is 0 Å². The second-order valence-corrected chi connectivity index (χ2v) is 9.86. The number of rotatable bonds is 14. The lowest BCUT2D eigenvalue weighted by atomic mass is 10.0. The number of nitrogens with one attached hydrogen (secondary N) is 1. The number of aryl methyl sites for hydroxylation is 1. The van der Waals surface area contributed by atoms with E-state index in [2.05, 4.69) is 82.0 Å². The van der Waals surface area contributed by atoms with Gasteiger partial charge < -0.3 is 14.8 Å². The van der Waals surface area contributed by atoms with Gasteiger partial charge in [0.25, 0.3) is 0 Å². The van der Waals surface area contributed by atoms with E-state index in [9.17, 15) is 0 Å². The molecule has 2 aromatic carbocycles. The number of aromatic nitrogens is 2. The molecule has 4 rings (SSSR count). The van der Waals surface area contributed by atoms with Gasteiger partial charge in [0.2, 0.25) is 0 Å². The molecular formula is C29H42N6. The van der Waals surface area contributed by atoms with Crippen molar-refractivity contribution in [2.24, 2.45) is 4.99 Å². The lowest BCUT2D eigenvalue weighted by Crippen LogP contribution is -2.36. The predicted octanol–water partition coefficient (Wildman–Crippen LogP) is 4.96. The van der Waals surface area contributed by atoms with Crippen LogP contribution < -0.4 is 0 Å². The van der Waals surface area contributed by atoms with E-state index in [0.717, 1.165) is 45.0 Å². The minimum absolute atomic E-state index is 0.782. The Labute approximate surface area is 211 Å². The highest BCUT2D eigenvalue weighted by Crippen LogP contribution is 2.21. The third kappa shape index (κ3) is 7.39. The highest BCUT2D eigenvalue weighted by atomic mass is 15.3. The molecule has 0 bridgehead atoms. The van der Waals surface area contributed by atoms with E-state index in [4.69, 9.17) is 4.99 Å². The maximum absolute atomic E-state index is 4.71. The number of hydrogen-bond donors (Lipinski definition) is 1. The van der Waals surface area contributed by atoms with Crippen LogP contribution in [0, 0.1) is 0 Å². The van der Waals surface area contributed by atoms with Crippen LogP contribution in [0.1, 0.15) is 50.1 Å². The molecule has 1 aliphatic rings. The quantitative estimate of drug-likeness (QED) is 0.359. The van der Waals surface area contributed by atoms with E-state index < -0.39 is 0 Å². The third-order valence-electron chi connectivity index (χ3n) is 6.86. The first-order valence-electron chi connectivity index (χ1n) is 13.3. The minimum atomic E-state index is 0.782. The SMILES string of the molecule is CCCN(CCC)CCCc1ccc2cc(CN(CC3=NCCN3C)Cc3ncc[nH]3)ccc2c1. The van der Waals surface area contributed by atoms with Gasteiger partial charge in [0.05, 0.1) is 19.6 Å². The van der Waals surface area contributed by atoms with Crippen molar-refractivity contribution >= 4 is 16.6 Å². The van der Waals surface area contributed by atoms with Gasteiger partial charge in [-0.2, -0.15) is 0 Å². The molecule has 0 atom stereocenters. The topological polar surface area (TPSA) is 50.8 Å². The molecule has 188 valence electrons. The van der Waals surface area contributed by atoms with Crippen molar-refractivity contribution in [3.8, 4) is 0 Å². The summed E-state index contributed by atoms with van der Waals surface area (Å²) in [7, 11) is 2.13. The van der Waals surface area contributed by atoms with Crippen LogP contribution in [0.25, 0.3) is 10.8 Å². The van der Waals surface area contributed by atoms with E-state index in [1.54, 1.807) is 0 Å². The van der Waals surface area contributed by atoms with Gasteiger partial charge in [0, 0.05) is 32.5 Å². The van der Waals surface area contributed by atoms with Crippen LogP contribution in [0.4, 0.5) is 0 Å². The second-order valence-electron chi connectivity index (χ2n) is 9.86. The number of benzene rings is 2. The maximum atomic E-state index is 4.71. The standard InChI is InChI=1S/C29H42N6/c1-4-15-34(16-5-2)17-6-7-24-8-10-27-20-25(9-11-26(27)19-24)21-35(22-28-30-12-13-31-28)23-29-32-14-18-33(29)3/h8-13,19-20H,4-7,14-18,21-23H2,1-3H3,(H,30,31). The first-order valence-corrected chi connectivity index (χ1v) is 13.3. The number of hydrogen-bond acceptors (Lipinski definition) is 5. The Kier molecular flexibility index (Phi) is 9.32. The lowest BCUT2D eigenvalue weighted by molar-refractivity contribution is 0.271. The number of nitrogens with zero attached hydrogens (tertiary/aromatic N) is 5. The summed E-state index contributed by atoms with van der Waals surface area (Å²) in [5.41, 5.74) is 2.77. The van der Waals surface area contributed by atoms with Gasteiger partial charge in [-0.25, -0.2) is 4.98 Å². The summed E-state index contributed by atoms with van der Waals surface area (Å²) in [5.74, 6) is 2.16. The van der Waals surface area contributed by atoms with Gasteiger partial charge in [-0.1, -0.05) is 44.2 Å². The van der Waals surface area contributed by atoms with E-state index in [0.29, 0.717) is 0 Å². The highest BCUT2D eigenvalue weighted by molar-refractivity contribution is 5.85. The number of aliphatic imine (C=N–C) groups is 1. The molecule has 6 heteroatoms.